The van der Waals surface area contributed by atoms with E-state index in [9.17, 15) is 4.79 Å². The number of benzene rings is 1. The Morgan fingerprint density at radius 1 is 1.33 bits per heavy atom. The van der Waals surface area contributed by atoms with Crippen LogP contribution in [0.25, 0.3) is 0 Å². The van der Waals surface area contributed by atoms with E-state index in [0.717, 1.165) is 9.37 Å². The minimum Gasteiger partial charge on any atom is -0.492 e. The maximum atomic E-state index is 11.7. The molecule has 0 N–H and O–H groups in total. The van der Waals surface area contributed by atoms with E-state index in [1.165, 1.54) is 23.5 Å². The Bertz CT molecular complexity index is 698. The highest BCUT2D eigenvalue weighted by molar-refractivity contribution is 9.10. The second-order valence-electron chi connectivity index (χ2n) is 4.59. The van der Waals surface area contributed by atoms with Gasteiger partial charge in [0.25, 0.3) is 0 Å². The molecule has 8 heteroatoms. The first-order valence-corrected chi connectivity index (χ1v) is 9.70. The van der Waals surface area contributed by atoms with Crippen molar-refractivity contribution in [2.75, 3.05) is 13.7 Å². The lowest BCUT2D eigenvalue weighted by Gasteiger charge is -2.11. The Labute approximate surface area is 158 Å². The number of rotatable bonds is 7. The topological polar surface area (TPSA) is 61.3 Å². The van der Waals surface area contributed by atoms with Crippen molar-refractivity contribution in [3.05, 3.63) is 34.9 Å². The molecule has 1 atom stereocenters. The van der Waals surface area contributed by atoms with Gasteiger partial charge in [-0.15, -0.1) is 0 Å². The van der Waals surface area contributed by atoms with Crippen LogP contribution in [0.1, 0.15) is 13.8 Å². The Morgan fingerprint density at radius 3 is 2.67 bits per heavy atom. The van der Waals surface area contributed by atoms with Gasteiger partial charge in [-0.25, -0.2) is 9.97 Å². The predicted octanol–water partition coefficient (Wildman–Crippen LogP) is 4.44. The van der Waals surface area contributed by atoms with Crippen LogP contribution in [0, 0.1) is 0 Å². The summed E-state index contributed by atoms with van der Waals surface area (Å²) in [7, 11) is 1.58. The summed E-state index contributed by atoms with van der Waals surface area (Å²) in [6.07, 6.45) is 1.62. The monoisotopic (exact) mass is 428 g/mol. The smallest absolute Gasteiger partial charge is 0.319 e. The highest BCUT2D eigenvalue weighted by Crippen LogP contribution is 2.35. The van der Waals surface area contributed by atoms with Crippen molar-refractivity contribution in [3.8, 4) is 5.75 Å². The second-order valence-corrected chi connectivity index (χ2v) is 7.88. The van der Waals surface area contributed by atoms with Crippen molar-refractivity contribution < 1.29 is 14.3 Å². The van der Waals surface area contributed by atoms with Crippen LogP contribution in [0.4, 0.5) is 0 Å². The summed E-state index contributed by atoms with van der Waals surface area (Å²) in [5, 5.41) is 0.841. The van der Waals surface area contributed by atoms with E-state index in [-0.39, 0.29) is 11.2 Å². The quantitative estimate of drug-likeness (QED) is 0.279. The lowest BCUT2D eigenvalue weighted by Crippen LogP contribution is -2.17. The predicted molar refractivity (Wildman–Crippen MR) is 98.8 cm³/mol. The lowest BCUT2D eigenvalue weighted by molar-refractivity contribution is -0.142. The third-order valence-electron chi connectivity index (χ3n) is 2.85. The maximum absolute atomic E-state index is 11.7. The minimum absolute atomic E-state index is 0.274. The number of carbonyl (C=O) groups excluding carboxylic acids is 1. The first kappa shape index (κ1) is 19.1. The summed E-state index contributed by atoms with van der Waals surface area (Å²) in [5.74, 6) is 0.320. The summed E-state index contributed by atoms with van der Waals surface area (Å²) in [6.45, 7) is 3.92. The zero-order valence-electron chi connectivity index (χ0n) is 13.5. The third-order valence-corrected chi connectivity index (χ3v) is 5.32. The van der Waals surface area contributed by atoms with E-state index < -0.39 is 0 Å². The molecule has 2 rings (SSSR count). The summed E-state index contributed by atoms with van der Waals surface area (Å²) < 4.78 is 11.4. The van der Waals surface area contributed by atoms with Crippen molar-refractivity contribution in [1.82, 2.24) is 9.97 Å². The Balaban J connectivity index is 2.17. The van der Waals surface area contributed by atoms with Crippen LogP contribution in [-0.4, -0.2) is 34.9 Å². The Morgan fingerprint density at radius 2 is 2.04 bits per heavy atom. The van der Waals surface area contributed by atoms with Gasteiger partial charge in [-0.3, -0.25) is 4.79 Å². The van der Waals surface area contributed by atoms with Crippen LogP contribution < -0.4 is 4.74 Å². The molecule has 0 aliphatic carbocycles. The molecule has 5 nitrogen and oxygen atoms in total. The van der Waals surface area contributed by atoms with Gasteiger partial charge in [-0.1, -0.05) is 39.5 Å². The molecular formula is C16H17BrN2O3S2. The van der Waals surface area contributed by atoms with Gasteiger partial charge in [0.15, 0.2) is 10.9 Å². The fourth-order valence-corrected chi connectivity index (χ4v) is 3.61. The van der Waals surface area contributed by atoms with Crippen LogP contribution in [0.3, 0.4) is 0 Å². The van der Waals surface area contributed by atoms with Crippen molar-refractivity contribution >= 4 is 45.4 Å². The van der Waals surface area contributed by atoms with Gasteiger partial charge < -0.3 is 9.47 Å². The van der Waals surface area contributed by atoms with Crippen LogP contribution in [0.15, 0.2) is 50.0 Å². The number of hydrogen-bond donors (Lipinski definition) is 0. The van der Waals surface area contributed by atoms with Crippen molar-refractivity contribution in [2.24, 2.45) is 0 Å². The molecule has 24 heavy (non-hydrogen) atoms. The Kier molecular flexibility index (Phi) is 7.39. The average molecular weight is 429 g/mol. The molecule has 128 valence electrons. The largest absolute Gasteiger partial charge is 0.492 e. The van der Waals surface area contributed by atoms with Gasteiger partial charge in [0.2, 0.25) is 0 Å². The summed E-state index contributed by atoms with van der Waals surface area (Å²) in [5.41, 5.74) is 0. The second kappa shape index (κ2) is 9.29. The third kappa shape index (κ3) is 5.39. The molecule has 0 fully saturated rings. The molecule has 0 saturated carbocycles. The number of halogens is 1. The molecule has 0 radical (unpaired) electrons. The first-order chi connectivity index (χ1) is 11.5. The molecule has 1 heterocycles. The van der Waals surface area contributed by atoms with Gasteiger partial charge in [-0.05, 0) is 38.1 Å². The van der Waals surface area contributed by atoms with Gasteiger partial charge in [0.1, 0.15) is 10.3 Å². The van der Waals surface area contributed by atoms with Crippen molar-refractivity contribution in [1.29, 1.82) is 0 Å². The molecule has 0 aliphatic rings. The van der Waals surface area contributed by atoms with E-state index in [0.29, 0.717) is 22.5 Å². The molecule has 1 aromatic carbocycles. The minimum atomic E-state index is -0.371. The number of aromatic nitrogens is 2. The average Bonchev–Trinajstić information content (AvgIpc) is 2.57. The van der Waals surface area contributed by atoms with E-state index in [1.807, 2.05) is 24.3 Å². The molecular weight excluding hydrogens is 412 g/mol. The van der Waals surface area contributed by atoms with Gasteiger partial charge in [-0.2, -0.15) is 0 Å². The van der Waals surface area contributed by atoms with Crippen LogP contribution in [0.2, 0.25) is 0 Å². The number of esters is 1. The normalized spacial score (nSPS) is 11.8. The fourth-order valence-electron chi connectivity index (χ4n) is 1.69. The summed E-state index contributed by atoms with van der Waals surface area (Å²) >= 11 is 6.16. The molecule has 0 amide bonds. The Hall–Kier alpha value is -1.25. The van der Waals surface area contributed by atoms with Crippen LogP contribution >= 0.6 is 39.5 Å². The number of ether oxygens (including phenoxy) is 2. The standard InChI is InChI=1S/C16H17BrN2O3S2/c1-4-22-15(20)10(2)23-16-18-9-13(21-3)14(19-16)24-12-7-5-11(17)6-8-12/h5-10H,4H2,1-3H3/t10-/m1/s1. The fraction of sp³-hybridized carbons (Fsp3) is 0.312. The summed E-state index contributed by atoms with van der Waals surface area (Å²) in [6, 6.07) is 7.91. The van der Waals surface area contributed by atoms with E-state index in [1.54, 1.807) is 27.2 Å². The number of methoxy groups -OCH3 is 1. The highest BCUT2D eigenvalue weighted by atomic mass is 79.9. The molecule has 0 bridgehead atoms. The van der Waals surface area contributed by atoms with Crippen LogP contribution in [0.5, 0.6) is 5.75 Å². The van der Waals surface area contributed by atoms with Crippen molar-refractivity contribution in [2.45, 2.75) is 34.2 Å². The van der Waals surface area contributed by atoms with Crippen molar-refractivity contribution in [3.63, 3.8) is 0 Å². The van der Waals surface area contributed by atoms with E-state index in [2.05, 4.69) is 25.9 Å². The molecule has 0 unspecified atom stereocenters. The number of nitrogens with zero attached hydrogens (tertiary/aromatic N) is 2. The number of carbonyl (C=O) groups is 1. The van der Waals surface area contributed by atoms with Crippen LogP contribution in [-0.2, 0) is 9.53 Å². The van der Waals surface area contributed by atoms with E-state index in [4.69, 9.17) is 9.47 Å². The molecule has 1 aromatic heterocycles. The maximum Gasteiger partial charge on any atom is 0.319 e. The zero-order chi connectivity index (χ0) is 17.5. The molecule has 0 aliphatic heterocycles. The first-order valence-electron chi connectivity index (χ1n) is 7.21. The molecule has 2 aromatic rings. The molecule has 0 saturated heterocycles. The highest BCUT2D eigenvalue weighted by Gasteiger charge is 2.18. The van der Waals surface area contributed by atoms with Gasteiger partial charge in [0.05, 0.1) is 19.9 Å². The SMILES string of the molecule is CCOC(=O)[C@@H](C)Sc1ncc(OC)c(Sc2ccc(Br)cc2)n1. The zero-order valence-corrected chi connectivity index (χ0v) is 16.7. The number of hydrogen-bond acceptors (Lipinski definition) is 7. The lowest BCUT2D eigenvalue weighted by atomic mass is 10.4. The summed E-state index contributed by atoms with van der Waals surface area (Å²) in [4.78, 5) is 21.5. The van der Waals surface area contributed by atoms with Gasteiger partial charge >= 0.3 is 5.97 Å². The van der Waals surface area contributed by atoms with Gasteiger partial charge in [0, 0.05) is 9.37 Å². The molecule has 0 spiro atoms. The number of thioether (sulfide) groups is 1. The van der Waals surface area contributed by atoms with E-state index >= 15 is 0 Å².